The maximum absolute atomic E-state index is 13.0. The summed E-state index contributed by atoms with van der Waals surface area (Å²) in [5, 5.41) is 4.07. The first-order valence-electron chi connectivity index (χ1n) is 10.2. The largest absolute Gasteiger partial charge is 0.416 e. The maximum Gasteiger partial charge on any atom is 0.416 e. The lowest BCUT2D eigenvalue weighted by atomic mass is 9.94. The lowest BCUT2D eigenvalue weighted by Crippen LogP contribution is -2.40. The fourth-order valence-corrected chi connectivity index (χ4v) is 3.95. The second kappa shape index (κ2) is 8.53. The number of piperidine rings is 1. The Hall–Kier alpha value is -3.16. The van der Waals surface area contributed by atoms with Crippen LogP contribution in [0.2, 0.25) is 0 Å². The number of likely N-dealkylation sites (tertiary alicyclic amines) is 1. The van der Waals surface area contributed by atoms with Crippen LogP contribution in [0, 0.1) is 12.8 Å². The number of hydrogen-bond donors (Lipinski definition) is 0. The standard InChI is InChI=1S/C23H22F3N3O2/c1-15-6-2-3-10-19(15)21-27-20(31-28-21)12-16-7-5-11-29(14-16)22(30)17-8-4-9-18(13-17)23(24,25)26/h2-4,6,8-10,13,16H,5,7,11-12,14H2,1H3. The molecule has 0 bridgehead atoms. The molecule has 0 N–H and O–H groups in total. The van der Waals surface area contributed by atoms with Crippen LogP contribution >= 0.6 is 0 Å². The van der Waals surface area contributed by atoms with Gasteiger partial charge in [-0.05, 0) is 49.4 Å². The molecule has 2 heterocycles. The van der Waals surface area contributed by atoms with E-state index in [-0.39, 0.29) is 17.4 Å². The maximum atomic E-state index is 13.0. The summed E-state index contributed by atoms with van der Waals surface area (Å²) in [5.41, 5.74) is 1.18. The van der Waals surface area contributed by atoms with E-state index >= 15 is 0 Å². The van der Waals surface area contributed by atoms with E-state index in [1.54, 1.807) is 4.90 Å². The molecule has 8 heteroatoms. The highest BCUT2D eigenvalue weighted by molar-refractivity contribution is 5.94. The molecule has 1 amide bonds. The summed E-state index contributed by atoms with van der Waals surface area (Å²) in [5.74, 6) is 0.744. The third-order valence-electron chi connectivity index (χ3n) is 5.56. The lowest BCUT2D eigenvalue weighted by molar-refractivity contribution is -0.137. The molecule has 1 aliphatic heterocycles. The average molecular weight is 429 g/mol. The number of nitrogens with zero attached hydrogens (tertiary/aromatic N) is 3. The molecule has 0 radical (unpaired) electrons. The number of carbonyl (C=O) groups excluding carboxylic acids is 1. The normalized spacial score (nSPS) is 17.0. The lowest BCUT2D eigenvalue weighted by Gasteiger charge is -2.32. The number of alkyl halides is 3. The van der Waals surface area contributed by atoms with E-state index in [1.807, 2.05) is 31.2 Å². The van der Waals surface area contributed by atoms with E-state index < -0.39 is 11.7 Å². The van der Waals surface area contributed by atoms with Crippen LogP contribution in [0.5, 0.6) is 0 Å². The van der Waals surface area contributed by atoms with E-state index in [0.29, 0.717) is 31.2 Å². The third-order valence-corrected chi connectivity index (χ3v) is 5.56. The molecule has 1 atom stereocenters. The van der Waals surface area contributed by atoms with Gasteiger partial charge < -0.3 is 9.42 Å². The zero-order valence-electron chi connectivity index (χ0n) is 17.0. The predicted octanol–water partition coefficient (Wildman–Crippen LogP) is 5.16. The fraction of sp³-hybridized carbons (Fsp3) is 0.348. The second-order valence-corrected chi connectivity index (χ2v) is 7.87. The van der Waals surface area contributed by atoms with Crippen molar-refractivity contribution in [3.8, 4) is 11.4 Å². The number of aryl methyl sites for hydroxylation is 1. The van der Waals surface area contributed by atoms with Crippen LogP contribution in [-0.4, -0.2) is 34.0 Å². The van der Waals surface area contributed by atoms with Crippen LogP contribution < -0.4 is 0 Å². The van der Waals surface area contributed by atoms with E-state index in [4.69, 9.17) is 4.52 Å². The van der Waals surface area contributed by atoms with Gasteiger partial charge in [-0.1, -0.05) is 35.5 Å². The average Bonchev–Trinajstić information content (AvgIpc) is 3.21. The molecule has 162 valence electrons. The molecule has 0 aliphatic carbocycles. The SMILES string of the molecule is Cc1ccccc1-c1noc(CC2CCCN(C(=O)c3cccc(C(F)(F)F)c3)C2)n1. The first-order valence-corrected chi connectivity index (χ1v) is 10.2. The van der Waals surface area contributed by atoms with Gasteiger partial charge in [0.2, 0.25) is 11.7 Å². The summed E-state index contributed by atoms with van der Waals surface area (Å²) in [6.07, 6.45) is -2.30. The van der Waals surface area contributed by atoms with Crippen LogP contribution in [0.25, 0.3) is 11.4 Å². The van der Waals surface area contributed by atoms with E-state index in [1.165, 1.54) is 12.1 Å². The summed E-state index contributed by atoms with van der Waals surface area (Å²) in [7, 11) is 0. The number of aromatic nitrogens is 2. The van der Waals surface area contributed by atoms with Crippen molar-refractivity contribution in [2.24, 2.45) is 5.92 Å². The molecule has 0 saturated carbocycles. The summed E-state index contributed by atoms with van der Waals surface area (Å²) in [4.78, 5) is 18.9. The summed E-state index contributed by atoms with van der Waals surface area (Å²) in [6, 6.07) is 12.3. The summed E-state index contributed by atoms with van der Waals surface area (Å²) >= 11 is 0. The minimum atomic E-state index is -4.48. The quantitative estimate of drug-likeness (QED) is 0.575. The second-order valence-electron chi connectivity index (χ2n) is 7.87. The van der Waals surface area contributed by atoms with Crippen molar-refractivity contribution in [2.45, 2.75) is 32.4 Å². The van der Waals surface area contributed by atoms with E-state index in [2.05, 4.69) is 10.1 Å². The number of benzene rings is 2. The van der Waals surface area contributed by atoms with Gasteiger partial charge in [-0.25, -0.2) is 0 Å². The van der Waals surface area contributed by atoms with Crippen LogP contribution in [-0.2, 0) is 12.6 Å². The van der Waals surface area contributed by atoms with Crippen LogP contribution in [0.15, 0.2) is 53.1 Å². The zero-order chi connectivity index (χ0) is 22.0. The molecule has 1 unspecified atom stereocenters. The fourth-order valence-electron chi connectivity index (χ4n) is 3.95. The highest BCUT2D eigenvalue weighted by atomic mass is 19.4. The minimum Gasteiger partial charge on any atom is -0.339 e. The number of halogens is 3. The highest BCUT2D eigenvalue weighted by Crippen LogP contribution is 2.30. The van der Waals surface area contributed by atoms with Gasteiger partial charge in [0, 0.05) is 30.6 Å². The molecule has 1 aromatic heterocycles. The Labute approximate surface area is 177 Å². The molecule has 1 saturated heterocycles. The molecular formula is C23H22F3N3O2. The Kier molecular flexibility index (Phi) is 5.80. The third kappa shape index (κ3) is 4.78. The van der Waals surface area contributed by atoms with Crippen molar-refractivity contribution in [2.75, 3.05) is 13.1 Å². The number of carbonyl (C=O) groups is 1. The van der Waals surface area contributed by atoms with Crippen LogP contribution in [0.1, 0.15) is 40.2 Å². The molecule has 5 nitrogen and oxygen atoms in total. The van der Waals surface area contributed by atoms with Crippen LogP contribution in [0.4, 0.5) is 13.2 Å². The van der Waals surface area contributed by atoms with Gasteiger partial charge in [-0.3, -0.25) is 4.79 Å². The van der Waals surface area contributed by atoms with Gasteiger partial charge in [-0.2, -0.15) is 18.2 Å². The van der Waals surface area contributed by atoms with Crippen molar-refractivity contribution in [1.82, 2.24) is 15.0 Å². The Morgan fingerprint density at radius 2 is 2.00 bits per heavy atom. The minimum absolute atomic E-state index is 0.0510. The van der Waals surface area contributed by atoms with Crippen LogP contribution in [0.3, 0.4) is 0 Å². The van der Waals surface area contributed by atoms with Crippen molar-refractivity contribution < 1.29 is 22.5 Å². The van der Waals surface area contributed by atoms with E-state index in [9.17, 15) is 18.0 Å². The van der Waals surface area contributed by atoms with Crippen molar-refractivity contribution >= 4 is 5.91 Å². The summed E-state index contributed by atoms with van der Waals surface area (Å²) < 4.78 is 44.4. The van der Waals surface area contributed by atoms with Crippen molar-refractivity contribution in [1.29, 1.82) is 0 Å². The Morgan fingerprint density at radius 1 is 1.19 bits per heavy atom. The number of amides is 1. The highest BCUT2D eigenvalue weighted by Gasteiger charge is 2.32. The van der Waals surface area contributed by atoms with Crippen molar-refractivity contribution in [3.05, 3.63) is 71.1 Å². The molecule has 1 aliphatic rings. The van der Waals surface area contributed by atoms with Gasteiger partial charge in [0.1, 0.15) is 0 Å². The monoisotopic (exact) mass is 429 g/mol. The molecule has 2 aromatic carbocycles. The molecule has 1 fully saturated rings. The predicted molar refractivity (Wildman–Crippen MR) is 108 cm³/mol. The Bertz CT molecular complexity index is 1080. The summed E-state index contributed by atoms with van der Waals surface area (Å²) in [6.45, 7) is 2.94. The zero-order valence-corrected chi connectivity index (χ0v) is 17.0. The molecule has 4 rings (SSSR count). The van der Waals surface area contributed by atoms with Gasteiger partial charge >= 0.3 is 6.18 Å². The number of rotatable bonds is 4. The van der Waals surface area contributed by atoms with Gasteiger partial charge in [0.25, 0.3) is 5.91 Å². The molecule has 0 spiro atoms. The number of hydrogen-bond acceptors (Lipinski definition) is 4. The Morgan fingerprint density at radius 3 is 2.77 bits per heavy atom. The first-order chi connectivity index (χ1) is 14.8. The van der Waals surface area contributed by atoms with Gasteiger partial charge in [0.05, 0.1) is 5.56 Å². The first kappa shape index (κ1) is 21.1. The van der Waals surface area contributed by atoms with E-state index in [0.717, 1.165) is 36.1 Å². The molecule has 3 aromatic rings. The molecule has 31 heavy (non-hydrogen) atoms. The Balaban J connectivity index is 1.44. The molecular weight excluding hydrogens is 407 g/mol. The topological polar surface area (TPSA) is 59.2 Å². The van der Waals surface area contributed by atoms with Crippen molar-refractivity contribution in [3.63, 3.8) is 0 Å². The van der Waals surface area contributed by atoms with Gasteiger partial charge in [0.15, 0.2) is 0 Å². The van der Waals surface area contributed by atoms with Gasteiger partial charge in [-0.15, -0.1) is 0 Å². The smallest absolute Gasteiger partial charge is 0.339 e.